The lowest BCUT2D eigenvalue weighted by Gasteiger charge is -2.11. The third-order valence-corrected chi connectivity index (χ3v) is 3.85. The molecule has 0 radical (unpaired) electrons. The van der Waals surface area contributed by atoms with Crippen LogP contribution in [0.15, 0.2) is 42.5 Å². The molecule has 2 heteroatoms. The van der Waals surface area contributed by atoms with Crippen LogP contribution in [0, 0.1) is 20.8 Å². The van der Waals surface area contributed by atoms with Gasteiger partial charge in [0.15, 0.2) is 0 Å². The molecule has 0 fully saturated rings. The summed E-state index contributed by atoms with van der Waals surface area (Å²) in [6.07, 6.45) is 0. The van der Waals surface area contributed by atoms with Crippen LogP contribution in [0.4, 0.5) is 0 Å². The van der Waals surface area contributed by atoms with Crippen molar-refractivity contribution in [3.63, 3.8) is 0 Å². The molecule has 2 nitrogen and oxygen atoms in total. The van der Waals surface area contributed by atoms with E-state index in [-0.39, 0.29) is 0 Å². The van der Waals surface area contributed by atoms with E-state index >= 15 is 0 Å². The van der Waals surface area contributed by atoms with Gasteiger partial charge < -0.3 is 4.74 Å². The predicted molar refractivity (Wildman–Crippen MR) is 87.9 cm³/mol. The molecule has 0 aliphatic heterocycles. The average Bonchev–Trinajstić information content (AvgIpc) is 2.46. The van der Waals surface area contributed by atoms with Crippen LogP contribution in [0.2, 0.25) is 0 Å². The van der Waals surface area contributed by atoms with E-state index in [0.717, 1.165) is 22.3 Å². The highest BCUT2D eigenvalue weighted by atomic mass is 16.5. The minimum Gasteiger partial charge on any atom is -0.497 e. The van der Waals surface area contributed by atoms with Gasteiger partial charge in [0.25, 0.3) is 0 Å². The largest absolute Gasteiger partial charge is 0.497 e. The number of aromatic nitrogens is 1. The van der Waals surface area contributed by atoms with Crippen LogP contribution in [0.1, 0.15) is 16.7 Å². The summed E-state index contributed by atoms with van der Waals surface area (Å²) in [6.45, 7) is 6.37. The van der Waals surface area contributed by atoms with Gasteiger partial charge >= 0.3 is 0 Å². The van der Waals surface area contributed by atoms with Crippen LogP contribution in [0.25, 0.3) is 22.2 Å². The van der Waals surface area contributed by atoms with Gasteiger partial charge in [-0.25, -0.2) is 4.98 Å². The van der Waals surface area contributed by atoms with Crippen molar-refractivity contribution >= 4 is 10.9 Å². The lowest BCUT2D eigenvalue weighted by molar-refractivity contribution is 0.415. The van der Waals surface area contributed by atoms with Crippen LogP contribution >= 0.6 is 0 Å². The number of hydrogen-bond acceptors (Lipinski definition) is 2. The third kappa shape index (κ3) is 2.49. The lowest BCUT2D eigenvalue weighted by atomic mass is 9.99. The van der Waals surface area contributed by atoms with Gasteiger partial charge in [-0.3, -0.25) is 0 Å². The van der Waals surface area contributed by atoms with Gasteiger partial charge in [0.2, 0.25) is 0 Å². The molecule has 106 valence electrons. The van der Waals surface area contributed by atoms with Crippen molar-refractivity contribution < 1.29 is 4.74 Å². The summed E-state index contributed by atoms with van der Waals surface area (Å²) < 4.78 is 5.28. The molecule has 0 bridgehead atoms. The van der Waals surface area contributed by atoms with Crippen LogP contribution < -0.4 is 4.74 Å². The Kier molecular flexibility index (Phi) is 3.38. The zero-order valence-corrected chi connectivity index (χ0v) is 12.9. The first-order valence-electron chi connectivity index (χ1n) is 7.11. The quantitative estimate of drug-likeness (QED) is 0.669. The van der Waals surface area contributed by atoms with E-state index in [2.05, 4.69) is 45.0 Å². The van der Waals surface area contributed by atoms with E-state index in [9.17, 15) is 0 Å². The van der Waals surface area contributed by atoms with Crippen molar-refractivity contribution in [1.82, 2.24) is 4.98 Å². The Hall–Kier alpha value is -2.35. The Morgan fingerprint density at radius 1 is 0.857 bits per heavy atom. The van der Waals surface area contributed by atoms with Crippen molar-refractivity contribution in [3.8, 4) is 17.0 Å². The first-order chi connectivity index (χ1) is 10.1. The number of benzene rings is 2. The Bertz CT molecular complexity index is 821. The molecule has 0 aliphatic rings. The Balaban J connectivity index is 2.21. The fourth-order valence-corrected chi connectivity index (χ4v) is 2.74. The maximum atomic E-state index is 5.28. The van der Waals surface area contributed by atoms with Crippen molar-refractivity contribution in [2.45, 2.75) is 20.8 Å². The van der Waals surface area contributed by atoms with E-state index < -0.39 is 0 Å². The van der Waals surface area contributed by atoms with E-state index in [1.165, 1.54) is 22.3 Å². The van der Waals surface area contributed by atoms with Gasteiger partial charge in [0, 0.05) is 10.9 Å². The number of aryl methyl sites for hydroxylation is 3. The monoisotopic (exact) mass is 277 g/mol. The van der Waals surface area contributed by atoms with Crippen molar-refractivity contribution in [1.29, 1.82) is 0 Å². The molecule has 0 saturated heterocycles. The fraction of sp³-hybridized carbons (Fsp3) is 0.211. The predicted octanol–water partition coefficient (Wildman–Crippen LogP) is 4.84. The molecule has 2 aromatic carbocycles. The molecule has 0 aliphatic carbocycles. The molecule has 3 rings (SSSR count). The molecule has 0 atom stereocenters. The molecule has 0 amide bonds. The number of ether oxygens (including phenoxy) is 1. The van der Waals surface area contributed by atoms with Crippen molar-refractivity contribution in [2.24, 2.45) is 0 Å². The molecule has 1 heterocycles. The highest BCUT2D eigenvalue weighted by Gasteiger charge is 2.09. The minimum absolute atomic E-state index is 0.864. The molecule has 0 spiro atoms. The van der Waals surface area contributed by atoms with E-state index in [1.54, 1.807) is 7.11 Å². The normalized spacial score (nSPS) is 10.9. The molecular weight excluding hydrogens is 258 g/mol. The van der Waals surface area contributed by atoms with Crippen LogP contribution in [-0.4, -0.2) is 12.1 Å². The van der Waals surface area contributed by atoms with E-state index in [0.29, 0.717) is 0 Å². The number of fused-ring (bicyclic) bond motifs is 1. The van der Waals surface area contributed by atoms with E-state index in [4.69, 9.17) is 9.72 Å². The summed E-state index contributed by atoms with van der Waals surface area (Å²) in [6, 6.07) is 14.7. The smallest absolute Gasteiger partial charge is 0.119 e. The van der Waals surface area contributed by atoms with Crippen LogP contribution in [0.5, 0.6) is 5.75 Å². The van der Waals surface area contributed by atoms with Gasteiger partial charge in [-0.15, -0.1) is 0 Å². The molecule has 3 aromatic rings. The number of hydrogen-bond donors (Lipinski definition) is 0. The number of methoxy groups -OCH3 is 1. The van der Waals surface area contributed by atoms with Gasteiger partial charge in [0.1, 0.15) is 5.75 Å². The first kappa shape index (κ1) is 13.6. The summed E-state index contributed by atoms with van der Waals surface area (Å²) in [5, 5.41) is 1.11. The SMILES string of the molecule is COc1ccc2nc(-c3ccc(C)cc3C)c(C)cc2c1. The zero-order valence-electron chi connectivity index (χ0n) is 12.9. The fourth-order valence-electron chi connectivity index (χ4n) is 2.74. The Morgan fingerprint density at radius 2 is 1.67 bits per heavy atom. The topological polar surface area (TPSA) is 22.1 Å². The second-order valence-electron chi connectivity index (χ2n) is 5.53. The zero-order chi connectivity index (χ0) is 15.0. The number of rotatable bonds is 2. The maximum Gasteiger partial charge on any atom is 0.119 e. The third-order valence-electron chi connectivity index (χ3n) is 3.85. The van der Waals surface area contributed by atoms with Gasteiger partial charge in [-0.1, -0.05) is 23.8 Å². The number of pyridine rings is 1. The molecule has 21 heavy (non-hydrogen) atoms. The molecule has 0 unspecified atom stereocenters. The molecule has 0 N–H and O–H groups in total. The lowest BCUT2D eigenvalue weighted by Crippen LogP contribution is -1.93. The maximum absolute atomic E-state index is 5.28. The molecule has 1 aromatic heterocycles. The van der Waals surface area contributed by atoms with Gasteiger partial charge in [-0.2, -0.15) is 0 Å². The van der Waals surface area contributed by atoms with E-state index in [1.807, 2.05) is 18.2 Å². The summed E-state index contributed by atoms with van der Waals surface area (Å²) in [5.41, 5.74) is 6.98. The van der Waals surface area contributed by atoms with Crippen molar-refractivity contribution in [2.75, 3.05) is 7.11 Å². The van der Waals surface area contributed by atoms with Crippen LogP contribution in [0.3, 0.4) is 0 Å². The summed E-state index contributed by atoms with van der Waals surface area (Å²) in [7, 11) is 1.69. The standard InChI is InChI=1S/C19H19NO/c1-12-5-7-17(13(2)9-12)19-14(3)10-15-11-16(21-4)6-8-18(15)20-19/h5-11H,1-4H3. The second kappa shape index (κ2) is 5.21. The summed E-state index contributed by atoms with van der Waals surface area (Å²) in [5.74, 6) is 0.864. The minimum atomic E-state index is 0.864. The highest BCUT2D eigenvalue weighted by molar-refractivity contribution is 5.85. The Labute approximate surface area is 125 Å². The number of nitrogens with zero attached hydrogens (tertiary/aromatic N) is 1. The summed E-state index contributed by atoms with van der Waals surface area (Å²) in [4.78, 5) is 4.86. The molecule has 0 saturated carbocycles. The van der Waals surface area contributed by atoms with Gasteiger partial charge in [0.05, 0.1) is 18.3 Å². The molecular formula is C19H19NO. The first-order valence-corrected chi connectivity index (χ1v) is 7.11. The highest BCUT2D eigenvalue weighted by Crippen LogP contribution is 2.29. The second-order valence-corrected chi connectivity index (χ2v) is 5.53. The summed E-state index contributed by atoms with van der Waals surface area (Å²) >= 11 is 0. The average molecular weight is 277 g/mol. The Morgan fingerprint density at radius 3 is 2.38 bits per heavy atom. The van der Waals surface area contributed by atoms with Crippen molar-refractivity contribution in [3.05, 3.63) is 59.2 Å². The van der Waals surface area contributed by atoms with Gasteiger partial charge in [-0.05, 0) is 56.2 Å². The van der Waals surface area contributed by atoms with Crippen LogP contribution in [-0.2, 0) is 0 Å².